The Bertz CT molecular complexity index is 389. The smallest absolute Gasteiger partial charge is 0.258 e. The fourth-order valence-corrected chi connectivity index (χ4v) is 1.15. The highest BCUT2D eigenvalue weighted by atomic mass is 16.6. The molecule has 0 N–H and O–H groups in total. The van der Waals surface area contributed by atoms with Crippen molar-refractivity contribution in [1.82, 2.24) is 0 Å². The standard InChI is InChI=1S/C8H8N2O4/c1-2-6-5-7(9(11)12)3-4-8(6)10(13)14/h3-5H,2H2,1H3. The third kappa shape index (κ3) is 1.85. The van der Waals surface area contributed by atoms with Gasteiger partial charge >= 0.3 is 0 Å². The summed E-state index contributed by atoms with van der Waals surface area (Å²) in [5.41, 5.74) is 0.190. The van der Waals surface area contributed by atoms with Crippen LogP contribution in [0.2, 0.25) is 0 Å². The van der Waals surface area contributed by atoms with E-state index in [9.17, 15) is 20.2 Å². The molecule has 0 aromatic heterocycles. The van der Waals surface area contributed by atoms with E-state index < -0.39 is 9.85 Å². The van der Waals surface area contributed by atoms with Crippen LogP contribution in [0.25, 0.3) is 0 Å². The minimum Gasteiger partial charge on any atom is -0.258 e. The Kier molecular flexibility index (Phi) is 2.76. The van der Waals surface area contributed by atoms with Crippen LogP contribution in [0, 0.1) is 20.2 Å². The number of aryl methyl sites for hydroxylation is 1. The largest absolute Gasteiger partial charge is 0.273 e. The summed E-state index contributed by atoms with van der Waals surface area (Å²) in [6.45, 7) is 1.71. The predicted molar refractivity (Wildman–Crippen MR) is 49.1 cm³/mol. The van der Waals surface area contributed by atoms with E-state index in [-0.39, 0.29) is 11.4 Å². The van der Waals surface area contributed by atoms with Crippen LogP contribution in [-0.2, 0) is 6.42 Å². The minimum atomic E-state index is -0.567. The van der Waals surface area contributed by atoms with Crippen molar-refractivity contribution in [2.24, 2.45) is 0 Å². The summed E-state index contributed by atoms with van der Waals surface area (Å²) < 4.78 is 0. The normalized spacial score (nSPS) is 9.79. The Balaban J connectivity index is 3.25. The maximum absolute atomic E-state index is 10.5. The first-order chi connectivity index (χ1) is 6.56. The average molecular weight is 196 g/mol. The van der Waals surface area contributed by atoms with E-state index in [1.54, 1.807) is 6.92 Å². The first-order valence-electron chi connectivity index (χ1n) is 3.98. The Morgan fingerprint density at radius 2 is 1.86 bits per heavy atom. The molecule has 6 nitrogen and oxygen atoms in total. The average Bonchev–Trinajstić information content (AvgIpc) is 2.16. The monoisotopic (exact) mass is 196 g/mol. The van der Waals surface area contributed by atoms with Crippen LogP contribution in [0.5, 0.6) is 0 Å². The molecule has 0 atom stereocenters. The van der Waals surface area contributed by atoms with Crippen LogP contribution in [0.15, 0.2) is 18.2 Å². The van der Waals surface area contributed by atoms with Gasteiger partial charge in [0.05, 0.1) is 9.85 Å². The number of hydrogen-bond donors (Lipinski definition) is 0. The van der Waals surface area contributed by atoms with Gasteiger partial charge in [0.1, 0.15) is 0 Å². The maximum atomic E-state index is 10.5. The fourth-order valence-electron chi connectivity index (χ4n) is 1.15. The van der Waals surface area contributed by atoms with Gasteiger partial charge in [-0.3, -0.25) is 20.2 Å². The van der Waals surface area contributed by atoms with Crippen molar-refractivity contribution in [3.05, 3.63) is 44.0 Å². The predicted octanol–water partition coefficient (Wildman–Crippen LogP) is 2.07. The molecule has 1 aromatic carbocycles. The number of hydrogen-bond acceptors (Lipinski definition) is 4. The van der Waals surface area contributed by atoms with Gasteiger partial charge in [0.15, 0.2) is 0 Å². The van der Waals surface area contributed by atoms with Crippen molar-refractivity contribution in [2.45, 2.75) is 13.3 Å². The van der Waals surface area contributed by atoms with Gasteiger partial charge in [-0.15, -0.1) is 0 Å². The highest BCUT2D eigenvalue weighted by Gasteiger charge is 2.16. The van der Waals surface area contributed by atoms with Crippen molar-refractivity contribution < 1.29 is 9.85 Å². The molecule has 0 aliphatic heterocycles. The Morgan fingerprint density at radius 1 is 1.21 bits per heavy atom. The quantitative estimate of drug-likeness (QED) is 0.546. The lowest BCUT2D eigenvalue weighted by atomic mass is 10.1. The van der Waals surface area contributed by atoms with Gasteiger partial charge in [-0.25, -0.2) is 0 Å². The first kappa shape index (κ1) is 10.1. The summed E-state index contributed by atoms with van der Waals surface area (Å²) >= 11 is 0. The molecule has 0 bridgehead atoms. The lowest BCUT2D eigenvalue weighted by Gasteiger charge is -1.98. The molecule has 0 aliphatic carbocycles. The molecule has 74 valence electrons. The van der Waals surface area contributed by atoms with Crippen LogP contribution < -0.4 is 0 Å². The molecule has 1 aromatic rings. The van der Waals surface area contributed by atoms with E-state index in [2.05, 4.69) is 0 Å². The Labute approximate surface area is 79.5 Å². The molecule has 0 aliphatic rings. The van der Waals surface area contributed by atoms with E-state index in [1.165, 1.54) is 6.07 Å². The van der Waals surface area contributed by atoms with Gasteiger partial charge in [0.25, 0.3) is 11.4 Å². The molecule has 1 rings (SSSR count). The zero-order valence-electron chi connectivity index (χ0n) is 7.47. The van der Waals surface area contributed by atoms with E-state index in [4.69, 9.17) is 0 Å². The molecular weight excluding hydrogens is 188 g/mol. The second-order valence-electron chi connectivity index (χ2n) is 2.68. The molecule has 0 radical (unpaired) electrons. The van der Waals surface area contributed by atoms with Gasteiger partial charge in [0.2, 0.25) is 0 Å². The number of benzene rings is 1. The number of nitro groups is 2. The second-order valence-corrected chi connectivity index (χ2v) is 2.68. The van der Waals surface area contributed by atoms with Gasteiger partial charge < -0.3 is 0 Å². The fraction of sp³-hybridized carbons (Fsp3) is 0.250. The van der Waals surface area contributed by atoms with Crippen LogP contribution >= 0.6 is 0 Å². The van der Waals surface area contributed by atoms with Crippen molar-refractivity contribution in [3.8, 4) is 0 Å². The topological polar surface area (TPSA) is 86.3 Å². The van der Waals surface area contributed by atoms with Crippen molar-refractivity contribution in [2.75, 3.05) is 0 Å². The third-order valence-electron chi connectivity index (χ3n) is 1.85. The van der Waals surface area contributed by atoms with Crippen molar-refractivity contribution in [1.29, 1.82) is 0 Å². The number of non-ortho nitro benzene ring substituents is 1. The molecule has 6 heteroatoms. The Morgan fingerprint density at radius 3 is 2.29 bits per heavy atom. The molecular formula is C8H8N2O4. The van der Waals surface area contributed by atoms with Gasteiger partial charge in [-0.2, -0.15) is 0 Å². The summed E-state index contributed by atoms with van der Waals surface area (Å²) in [5, 5.41) is 20.9. The van der Waals surface area contributed by atoms with E-state index in [1.807, 2.05) is 0 Å². The summed E-state index contributed by atoms with van der Waals surface area (Å²) in [6.07, 6.45) is 0.401. The van der Waals surface area contributed by atoms with Crippen LogP contribution in [-0.4, -0.2) is 9.85 Å². The number of nitro benzene ring substituents is 2. The lowest BCUT2D eigenvalue weighted by molar-refractivity contribution is -0.389. The lowest BCUT2D eigenvalue weighted by Crippen LogP contribution is -1.96. The van der Waals surface area contributed by atoms with Gasteiger partial charge in [0, 0.05) is 23.8 Å². The maximum Gasteiger partial charge on any atom is 0.273 e. The minimum absolute atomic E-state index is 0.0712. The first-order valence-corrected chi connectivity index (χ1v) is 3.98. The van der Waals surface area contributed by atoms with Crippen LogP contribution in [0.3, 0.4) is 0 Å². The summed E-state index contributed by atoms with van der Waals surface area (Å²) in [5.74, 6) is 0. The molecule has 0 heterocycles. The van der Waals surface area contributed by atoms with Crippen LogP contribution in [0.4, 0.5) is 11.4 Å². The zero-order valence-corrected chi connectivity index (χ0v) is 7.47. The van der Waals surface area contributed by atoms with E-state index >= 15 is 0 Å². The molecule has 14 heavy (non-hydrogen) atoms. The molecule has 0 saturated carbocycles. The second kappa shape index (κ2) is 3.82. The Hall–Kier alpha value is -1.98. The van der Waals surface area contributed by atoms with E-state index in [0.717, 1.165) is 12.1 Å². The zero-order chi connectivity index (χ0) is 10.7. The summed E-state index contributed by atoms with van der Waals surface area (Å²) in [6, 6.07) is 3.53. The van der Waals surface area contributed by atoms with Gasteiger partial charge in [-0.1, -0.05) is 6.92 Å². The molecule has 0 fully saturated rings. The van der Waals surface area contributed by atoms with Crippen LogP contribution in [0.1, 0.15) is 12.5 Å². The van der Waals surface area contributed by atoms with Crippen molar-refractivity contribution >= 4 is 11.4 Å². The number of nitrogens with zero attached hydrogens (tertiary/aromatic N) is 2. The highest BCUT2D eigenvalue weighted by molar-refractivity contribution is 5.47. The molecule has 0 spiro atoms. The third-order valence-corrected chi connectivity index (χ3v) is 1.85. The molecule has 0 amide bonds. The SMILES string of the molecule is CCc1cc([N+](=O)[O-])ccc1[N+](=O)[O-]. The summed E-state index contributed by atoms with van der Waals surface area (Å²) in [7, 11) is 0. The summed E-state index contributed by atoms with van der Waals surface area (Å²) in [4.78, 5) is 19.8. The molecule has 0 unspecified atom stereocenters. The van der Waals surface area contributed by atoms with Crippen molar-refractivity contribution in [3.63, 3.8) is 0 Å². The van der Waals surface area contributed by atoms with Gasteiger partial charge in [-0.05, 0) is 6.42 Å². The molecule has 0 saturated heterocycles. The number of rotatable bonds is 3. The highest BCUT2D eigenvalue weighted by Crippen LogP contribution is 2.23. The van der Waals surface area contributed by atoms with E-state index in [0.29, 0.717) is 12.0 Å².